The molecule has 0 radical (unpaired) electrons. The van der Waals surface area contributed by atoms with Crippen LogP contribution in [0.5, 0.6) is 0 Å². The fourth-order valence-electron chi connectivity index (χ4n) is 1.90. The second-order valence-corrected chi connectivity index (χ2v) is 7.18. The van der Waals surface area contributed by atoms with Crippen LogP contribution in [-0.2, 0) is 10.3 Å². The minimum absolute atomic E-state index is 0.0195. The highest BCUT2D eigenvalue weighted by molar-refractivity contribution is 7.85. The van der Waals surface area contributed by atoms with Crippen molar-refractivity contribution in [1.82, 2.24) is 3.89 Å². The third-order valence-electron chi connectivity index (χ3n) is 3.47. The Kier molecular flexibility index (Phi) is 4.70. The average molecular weight is 356 g/mol. The molecule has 0 bridgehead atoms. The lowest BCUT2D eigenvalue weighted by Crippen LogP contribution is -2.46. The fourth-order valence-corrected chi connectivity index (χ4v) is 2.27. The van der Waals surface area contributed by atoms with Crippen LogP contribution in [0.2, 0.25) is 0 Å². The molecule has 24 heavy (non-hydrogen) atoms. The Balaban J connectivity index is 2.33. The molecule has 0 spiro atoms. The molecule has 0 fully saturated rings. The first-order valence-corrected chi connectivity index (χ1v) is 8.06. The zero-order chi connectivity index (χ0) is 18.1. The summed E-state index contributed by atoms with van der Waals surface area (Å²) in [7, 11) is -2.38. The molecule has 0 saturated heterocycles. The summed E-state index contributed by atoms with van der Waals surface area (Å²) >= 11 is 0. The molecule has 1 N–H and O–H groups in total. The maximum absolute atomic E-state index is 13.6. The van der Waals surface area contributed by atoms with Crippen LogP contribution in [0.1, 0.15) is 10.4 Å². The van der Waals surface area contributed by atoms with E-state index in [-0.39, 0.29) is 16.9 Å². The molecule has 0 aliphatic carbocycles. The largest absolute Gasteiger partial charge is 0.701 e. The predicted molar refractivity (Wildman–Crippen MR) is 84.1 cm³/mol. The van der Waals surface area contributed by atoms with Gasteiger partial charge >= 0.3 is 0 Å². The van der Waals surface area contributed by atoms with Gasteiger partial charge in [0.05, 0.1) is 19.8 Å². The number of benzene rings is 2. The second kappa shape index (κ2) is 6.27. The first kappa shape index (κ1) is 18.0. The second-order valence-electron chi connectivity index (χ2n) is 5.41. The predicted octanol–water partition coefficient (Wildman–Crippen LogP) is 2.24. The lowest BCUT2D eigenvalue weighted by atomic mass is 10.1. The molecular weight excluding hydrogens is 342 g/mol. The summed E-state index contributed by atoms with van der Waals surface area (Å²) in [5.41, 5.74) is -0.139. The van der Waals surface area contributed by atoms with Crippen LogP contribution in [-0.4, -0.2) is 33.0 Å². The number of anilines is 1. The van der Waals surface area contributed by atoms with E-state index in [0.717, 1.165) is 12.1 Å². The SMILES string of the molecule is C[N+](C)(c1cccc(C(=O)Nc2ccc(F)cc2F)c1)S(=O)(=O)[O-]. The van der Waals surface area contributed by atoms with Crippen LogP contribution in [0.3, 0.4) is 0 Å². The van der Waals surface area contributed by atoms with Gasteiger partial charge < -0.3 is 9.87 Å². The number of nitrogens with zero attached hydrogens (tertiary/aromatic N) is 1. The Labute approximate surface area is 137 Å². The van der Waals surface area contributed by atoms with Crippen molar-refractivity contribution in [3.63, 3.8) is 0 Å². The van der Waals surface area contributed by atoms with Crippen LogP contribution >= 0.6 is 0 Å². The number of nitrogens with one attached hydrogen (secondary N) is 1. The van der Waals surface area contributed by atoms with Crippen molar-refractivity contribution in [1.29, 1.82) is 0 Å². The summed E-state index contributed by atoms with van der Waals surface area (Å²) in [4.78, 5) is 12.2. The quantitative estimate of drug-likeness (QED) is 0.672. The van der Waals surface area contributed by atoms with Crippen molar-refractivity contribution >= 4 is 27.6 Å². The molecule has 0 saturated carbocycles. The summed E-state index contributed by atoms with van der Waals surface area (Å²) in [6.45, 7) is 0. The number of quaternary nitrogens is 1. The first-order chi connectivity index (χ1) is 11.0. The zero-order valence-corrected chi connectivity index (χ0v) is 13.6. The molecule has 0 aliphatic heterocycles. The fraction of sp³-hybridized carbons (Fsp3) is 0.133. The molecule has 128 valence electrons. The first-order valence-electron chi connectivity index (χ1n) is 6.69. The number of halogens is 2. The van der Waals surface area contributed by atoms with Gasteiger partial charge in [-0.3, -0.25) is 4.79 Å². The molecule has 6 nitrogen and oxygen atoms in total. The van der Waals surface area contributed by atoms with Crippen LogP contribution in [0.25, 0.3) is 0 Å². The lowest BCUT2D eigenvalue weighted by Gasteiger charge is -2.30. The monoisotopic (exact) mass is 356 g/mol. The Morgan fingerprint density at radius 3 is 2.38 bits per heavy atom. The molecule has 2 aromatic carbocycles. The number of carbonyl (C=O) groups excluding carboxylic acids is 1. The average Bonchev–Trinajstić information content (AvgIpc) is 2.49. The summed E-state index contributed by atoms with van der Waals surface area (Å²) in [6.07, 6.45) is 0. The van der Waals surface area contributed by atoms with E-state index in [4.69, 9.17) is 0 Å². The van der Waals surface area contributed by atoms with Crippen molar-refractivity contribution in [2.24, 2.45) is 0 Å². The summed E-state index contributed by atoms with van der Waals surface area (Å²) < 4.78 is 59.4. The molecule has 0 atom stereocenters. The third kappa shape index (κ3) is 3.58. The molecule has 9 heteroatoms. The van der Waals surface area contributed by atoms with Crippen molar-refractivity contribution in [3.05, 3.63) is 59.7 Å². The van der Waals surface area contributed by atoms with E-state index >= 15 is 0 Å². The Hall–Kier alpha value is -2.36. The van der Waals surface area contributed by atoms with Crippen LogP contribution in [0.15, 0.2) is 42.5 Å². The van der Waals surface area contributed by atoms with E-state index in [9.17, 15) is 26.5 Å². The van der Waals surface area contributed by atoms with E-state index < -0.39 is 31.7 Å². The van der Waals surface area contributed by atoms with Gasteiger partial charge in [-0.2, -0.15) is 8.42 Å². The number of amides is 1. The van der Waals surface area contributed by atoms with Crippen molar-refractivity contribution < 1.29 is 26.5 Å². The minimum Gasteiger partial charge on any atom is -0.701 e. The number of hydrogen-bond donors (Lipinski definition) is 1. The van der Waals surface area contributed by atoms with Crippen LogP contribution in [0, 0.1) is 11.6 Å². The van der Waals surface area contributed by atoms with Crippen molar-refractivity contribution in [2.45, 2.75) is 0 Å². The van der Waals surface area contributed by atoms with Gasteiger partial charge in [0.25, 0.3) is 16.2 Å². The standard InChI is InChI=1S/C15H14F2N2O4S/c1-19(2,24(21,22)23)12-5-3-4-10(8-12)15(20)18-14-7-6-11(16)9-13(14)17/h3-9H,1-2H3,(H-,18,20,21,22,23). The molecular formula is C15H14F2N2O4S. The maximum atomic E-state index is 13.6. The van der Waals surface area contributed by atoms with Gasteiger partial charge in [0.1, 0.15) is 17.3 Å². The van der Waals surface area contributed by atoms with Gasteiger partial charge in [-0.15, -0.1) is 0 Å². The van der Waals surface area contributed by atoms with E-state index in [0.29, 0.717) is 6.07 Å². The van der Waals surface area contributed by atoms with E-state index in [1.54, 1.807) is 0 Å². The van der Waals surface area contributed by atoms with Crippen molar-refractivity contribution in [2.75, 3.05) is 19.4 Å². The number of carbonyl (C=O) groups is 1. The Morgan fingerprint density at radius 1 is 1.12 bits per heavy atom. The van der Waals surface area contributed by atoms with Gasteiger partial charge in [0.2, 0.25) is 0 Å². The highest BCUT2D eigenvalue weighted by atomic mass is 32.2. The molecule has 1 amide bonds. The van der Waals surface area contributed by atoms with Gasteiger partial charge in [-0.25, -0.2) is 12.7 Å². The summed E-state index contributed by atoms with van der Waals surface area (Å²) in [5, 5.41) is 2.26. The minimum atomic E-state index is -4.71. The third-order valence-corrected chi connectivity index (χ3v) is 4.80. The van der Waals surface area contributed by atoms with Crippen molar-refractivity contribution in [3.8, 4) is 0 Å². The normalized spacial score (nSPS) is 12.0. The van der Waals surface area contributed by atoms with Gasteiger partial charge in [-0.1, -0.05) is 6.07 Å². The van der Waals surface area contributed by atoms with E-state index in [1.165, 1.54) is 38.4 Å². The highest BCUT2D eigenvalue weighted by Crippen LogP contribution is 2.24. The zero-order valence-electron chi connectivity index (χ0n) is 12.8. The highest BCUT2D eigenvalue weighted by Gasteiger charge is 2.27. The maximum Gasteiger partial charge on any atom is 0.258 e. The Bertz CT molecular complexity index is 898. The number of rotatable bonds is 4. The molecule has 0 unspecified atom stereocenters. The molecule has 0 aromatic heterocycles. The lowest BCUT2D eigenvalue weighted by molar-refractivity contribution is 0.102. The smallest absolute Gasteiger partial charge is 0.258 e. The topological polar surface area (TPSA) is 86.3 Å². The summed E-state index contributed by atoms with van der Waals surface area (Å²) in [6, 6.07) is 8.04. The summed E-state index contributed by atoms with van der Waals surface area (Å²) in [5.74, 6) is -2.46. The van der Waals surface area contributed by atoms with E-state index in [2.05, 4.69) is 5.32 Å². The van der Waals surface area contributed by atoms with E-state index in [1.807, 2.05) is 0 Å². The number of hydrogen-bond acceptors (Lipinski definition) is 4. The van der Waals surface area contributed by atoms with Gasteiger partial charge in [0, 0.05) is 23.8 Å². The van der Waals surface area contributed by atoms with Gasteiger partial charge in [-0.05, 0) is 18.2 Å². The van der Waals surface area contributed by atoms with Gasteiger partial charge in [0.15, 0.2) is 0 Å². The van der Waals surface area contributed by atoms with Crippen LogP contribution < -0.4 is 9.21 Å². The molecule has 0 heterocycles. The molecule has 2 aromatic rings. The molecule has 0 aliphatic rings. The Morgan fingerprint density at radius 2 is 1.79 bits per heavy atom. The molecule has 2 rings (SSSR count). The van der Waals surface area contributed by atoms with Crippen LogP contribution in [0.4, 0.5) is 20.2 Å².